The number of aliphatic hydroxyl groups is 1. The van der Waals surface area contributed by atoms with Crippen molar-refractivity contribution in [2.75, 3.05) is 6.61 Å². The van der Waals surface area contributed by atoms with Crippen molar-refractivity contribution < 1.29 is 28.5 Å². The minimum absolute atomic E-state index is 0.0579. The number of aliphatic hydroxyl groups excluding tert-OH is 1. The summed E-state index contributed by atoms with van der Waals surface area (Å²) < 4.78 is 24.6. The first kappa shape index (κ1) is 34.5. The minimum atomic E-state index is -2.06. The topological polar surface area (TPSA) is 74.2 Å². The van der Waals surface area contributed by atoms with Crippen LogP contribution < -0.4 is 0 Å². The van der Waals surface area contributed by atoms with Gasteiger partial charge in [0, 0.05) is 12.5 Å². The van der Waals surface area contributed by atoms with Gasteiger partial charge in [0.05, 0.1) is 31.0 Å². The molecule has 3 aliphatic heterocycles. The molecule has 3 rings (SSSR count). The van der Waals surface area contributed by atoms with E-state index in [1.165, 1.54) is 11.6 Å². The van der Waals surface area contributed by atoms with Crippen molar-refractivity contribution in [3.05, 3.63) is 72.4 Å². The van der Waals surface area contributed by atoms with E-state index < -0.39 is 26.5 Å². The molecule has 0 saturated carbocycles. The lowest BCUT2D eigenvalue weighted by molar-refractivity contribution is -0.147. The molecule has 1 N–H and O–H groups in total. The maximum absolute atomic E-state index is 12.8. The molecular formula is C35H54O6Si. The second-order valence-electron chi connectivity index (χ2n) is 13.5. The second kappa shape index (κ2) is 16.2. The van der Waals surface area contributed by atoms with Crippen molar-refractivity contribution >= 4 is 14.3 Å². The van der Waals surface area contributed by atoms with Gasteiger partial charge in [-0.05, 0) is 70.0 Å². The molecular weight excluding hydrogens is 544 g/mol. The number of fused-ring (bicyclic) bond motifs is 2. The van der Waals surface area contributed by atoms with Gasteiger partial charge < -0.3 is 23.7 Å². The largest absolute Gasteiger partial charge is 0.456 e. The van der Waals surface area contributed by atoms with Crippen molar-refractivity contribution in [2.24, 2.45) is 0 Å². The predicted octanol–water partition coefficient (Wildman–Crippen LogP) is 7.68. The summed E-state index contributed by atoms with van der Waals surface area (Å²) >= 11 is 0. The van der Waals surface area contributed by atoms with Gasteiger partial charge in [0.25, 0.3) is 0 Å². The summed E-state index contributed by atoms with van der Waals surface area (Å²) in [5.74, 6) is -0.478. The number of hydrogen-bond donors (Lipinski definition) is 1. The number of carbonyl (C=O) groups is 1. The highest BCUT2D eigenvalue weighted by molar-refractivity contribution is 6.74. The van der Waals surface area contributed by atoms with Gasteiger partial charge in [0.15, 0.2) is 8.32 Å². The molecule has 0 aromatic carbocycles. The summed E-state index contributed by atoms with van der Waals surface area (Å²) in [7, 11) is -2.06. The van der Waals surface area contributed by atoms with Crippen LogP contribution >= 0.6 is 0 Å². The lowest BCUT2D eigenvalue weighted by Crippen LogP contribution is -2.43. The number of rotatable bonds is 5. The molecule has 7 heteroatoms. The Kier molecular flexibility index (Phi) is 13.3. The van der Waals surface area contributed by atoms with Crippen molar-refractivity contribution in [3.8, 4) is 0 Å². The first-order valence-electron chi connectivity index (χ1n) is 15.7. The van der Waals surface area contributed by atoms with Crippen LogP contribution in [0.25, 0.3) is 0 Å². The molecule has 0 fully saturated rings. The van der Waals surface area contributed by atoms with Crippen molar-refractivity contribution in [1.29, 1.82) is 0 Å². The summed E-state index contributed by atoms with van der Waals surface area (Å²) in [6.07, 6.45) is 21.6. The average Bonchev–Trinajstić information content (AvgIpc) is 2.90. The van der Waals surface area contributed by atoms with Crippen LogP contribution in [0, 0.1) is 0 Å². The van der Waals surface area contributed by atoms with Crippen LogP contribution in [0.1, 0.15) is 79.1 Å². The normalized spacial score (nSPS) is 31.5. The molecule has 0 saturated heterocycles. The Morgan fingerprint density at radius 2 is 1.88 bits per heavy atom. The Morgan fingerprint density at radius 3 is 2.62 bits per heavy atom. The third-order valence-corrected chi connectivity index (χ3v) is 13.2. The number of cyclic esters (lactones) is 1. The zero-order valence-corrected chi connectivity index (χ0v) is 27.7. The minimum Gasteiger partial charge on any atom is -0.456 e. The molecule has 0 aromatic rings. The quantitative estimate of drug-likeness (QED) is 0.199. The van der Waals surface area contributed by atoms with Crippen molar-refractivity contribution in [3.63, 3.8) is 0 Å². The van der Waals surface area contributed by atoms with Gasteiger partial charge in [0.1, 0.15) is 12.2 Å². The monoisotopic (exact) mass is 598 g/mol. The molecule has 0 aliphatic carbocycles. The summed E-state index contributed by atoms with van der Waals surface area (Å²) in [6, 6.07) is 0. The molecule has 0 amide bonds. The van der Waals surface area contributed by atoms with E-state index in [4.69, 9.17) is 18.6 Å². The molecule has 3 aliphatic rings. The van der Waals surface area contributed by atoms with E-state index in [1.807, 2.05) is 12.2 Å². The van der Waals surface area contributed by atoms with E-state index in [0.29, 0.717) is 19.4 Å². The zero-order chi connectivity index (χ0) is 30.8. The predicted molar refractivity (Wildman–Crippen MR) is 173 cm³/mol. The number of carbonyl (C=O) groups excluding carboxylic acids is 1. The fourth-order valence-corrected chi connectivity index (χ4v) is 6.36. The molecule has 6 nitrogen and oxygen atoms in total. The Labute approximate surface area is 255 Å². The van der Waals surface area contributed by atoms with E-state index in [0.717, 1.165) is 44.1 Å². The van der Waals surface area contributed by atoms with E-state index in [1.54, 1.807) is 12.2 Å². The molecule has 0 radical (unpaired) electrons. The number of esters is 1. The van der Waals surface area contributed by atoms with Crippen LogP contribution in [-0.2, 0) is 23.4 Å². The SMILES string of the molecule is C=C1CCC[C@@H]2CC=C[C@@H](C/C=C\C(=O)O[C@H]([C@@H](O)/C=C/[C@@H]3CC(C)=CCO3)C/C=C/C(O[Si](C)(C)C(C)(C)C)C1)O2. The van der Waals surface area contributed by atoms with Gasteiger partial charge in [0.2, 0.25) is 0 Å². The lowest BCUT2D eigenvalue weighted by atomic mass is 9.99. The second-order valence-corrected chi connectivity index (χ2v) is 18.3. The van der Waals surface area contributed by atoms with Gasteiger partial charge in [-0.25, -0.2) is 4.79 Å². The van der Waals surface area contributed by atoms with E-state index >= 15 is 0 Å². The molecule has 0 aromatic heterocycles. The maximum Gasteiger partial charge on any atom is 0.330 e. The molecule has 0 spiro atoms. The lowest BCUT2D eigenvalue weighted by Gasteiger charge is -2.39. The van der Waals surface area contributed by atoms with Crippen LogP contribution in [0.15, 0.2) is 72.4 Å². The Hall–Kier alpha value is -2.03. The fraction of sp³-hybridized carbons (Fsp3) is 0.629. The molecule has 42 heavy (non-hydrogen) atoms. The van der Waals surface area contributed by atoms with Crippen molar-refractivity contribution in [2.45, 2.75) is 134 Å². The van der Waals surface area contributed by atoms with Gasteiger partial charge in [-0.15, -0.1) is 0 Å². The van der Waals surface area contributed by atoms with E-state index in [9.17, 15) is 9.90 Å². The fourth-order valence-electron chi connectivity index (χ4n) is 5.09. The molecule has 6 atom stereocenters. The smallest absolute Gasteiger partial charge is 0.330 e. The number of ether oxygens (including phenoxy) is 3. The highest BCUT2D eigenvalue weighted by atomic mass is 28.4. The molecule has 234 valence electrons. The van der Waals surface area contributed by atoms with Gasteiger partial charge in [-0.2, -0.15) is 0 Å². The molecule has 2 bridgehead atoms. The standard InChI is InChI=1S/C35H54O6Si/c1-26-12-8-13-28-14-9-15-29(39-28)16-11-19-34(37)40-33(32(36)21-20-30-24-27(2)22-23-38-30)18-10-17-31(25-26)41-42(6,7)35(3,4)5/h9-11,15,17,19-22,28-33,36H,1,8,12-14,16,18,23-25H2,2-7H3/b17-10+,19-11-,21-20+/t28-,29+,30-,31?,32+,33+/m1/s1. The average molecular weight is 599 g/mol. The molecule has 1 unspecified atom stereocenters. The highest BCUT2D eigenvalue weighted by Gasteiger charge is 2.38. The van der Waals surface area contributed by atoms with Crippen LogP contribution in [0.3, 0.4) is 0 Å². The van der Waals surface area contributed by atoms with Crippen LogP contribution in [-0.4, -0.2) is 62.6 Å². The summed E-state index contributed by atoms with van der Waals surface area (Å²) in [5.41, 5.74) is 2.43. The summed E-state index contributed by atoms with van der Waals surface area (Å²) in [4.78, 5) is 12.8. The van der Waals surface area contributed by atoms with Crippen LogP contribution in [0.2, 0.25) is 18.1 Å². The highest BCUT2D eigenvalue weighted by Crippen LogP contribution is 2.38. The van der Waals surface area contributed by atoms with Crippen molar-refractivity contribution in [1.82, 2.24) is 0 Å². The van der Waals surface area contributed by atoms with E-state index in [-0.39, 0.29) is 29.5 Å². The Morgan fingerprint density at radius 1 is 1.12 bits per heavy atom. The third-order valence-electron chi connectivity index (χ3n) is 8.69. The van der Waals surface area contributed by atoms with Gasteiger partial charge in [-0.1, -0.05) is 87.1 Å². The maximum atomic E-state index is 12.8. The van der Waals surface area contributed by atoms with Crippen LogP contribution in [0.4, 0.5) is 0 Å². The zero-order valence-electron chi connectivity index (χ0n) is 26.7. The van der Waals surface area contributed by atoms with Crippen LogP contribution in [0.5, 0.6) is 0 Å². The Bertz CT molecular complexity index is 1050. The number of hydrogen-bond acceptors (Lipinski definition) is 6. The van der Waals surface area contributed by atoms with E-state index in [2.05, 4.69) is 71.7 Å². The Balaban J connectivity index is 1.81. The first-order chi connectivity index (χ1) is 19.8. The van der Waals surface area contributed by atoms with Gasteiger partial charge >= 0.3 is 5.97 Å². The summed E-state index contributed by atoms with van der Waals surface area (Å²) in [5, 5.41) is 11.2. The van der Waals surface area contributed by atoms with Gasteiger partial charge in [-0.3, -0.25) is 0 Å². The summed E-state index contributed by atoms with van der Waals surface area (Å²) in [6.45, 7) is 18.3. The molecule has 3 heterocycles. The first-order valence-corrected chi connectivity index (χ1v) is 18.6. The third kappa shape index (κ3) is 11.6.